The van der Waals surface area contributed by atoms with E-state index in [-0.39, 0.29) is 10.9 Å². The third-order valence-corrected chi connectivity index (χ3v) is 7.78. The van der Waals surface area contributed by atoms with Crippen LogP contribution in [0.3, 0.4) is 0 Å². The summed E-state index contributed by atoms with van der Waals surface area (Å²) in [6.07, 6.45) is 1.92. The van der Waals surface area contributed by atoms with Crippen molar-refractivity contribution in [3.05, 3.63) is 52.0 Å². The Kier molecular flexibility index (Phi) is 6.78. The maximum absolute atomic E-state index is 12.9. The van der Waals surface area contributed by atoms with E-state index in [1.54, 1.807) is 30.3 Å². The lowest BCUT2D eigenvalue weighted by molar-refractivity contribution is 0.0999. The van der Waals surface area contributed by atoms with Gasteiger partial charge in [0.25, 0.3) is 0 Å². The van der Waals surface area contributed by atoms with E-state index in [1.807, 2.05) is 19.9 Å². The molecule has 0 bridgehead atoms. The molecule has 1 aliphatic rings. The lowest BCUT2D eigenvalue weighted by Gasteiger charge is -2.28. The van der Waals surface area contributed by atoms with Crippen molar-refractivity contribution in [3.63, 3.8) is 0 Å². The Morgan fingerprint density at radius 3 is 2.52 bits per heavy atom. The van der Waals surface area contributed by atoms with Crippen molar-refractivity contribution in [1.29, 1.82) is 0 Å². The molecule has 4 N–H and O–H groups in total. The van der Waals surface area contributed by atoms with E-state index in [9.17, 15) is 13.2 Å². The summed E-state index contributed by atoms with van der Waals surface area (Å²) < 4.78 is 29.2. The van der Waals surface area contributed by atoms with Gasteiger partial charge in [-0.2, -0.15) is 0 Å². The smallest absolute Gasteiger partial charge is 0.248 e. The minimum atomic E-state index is -3.64. The number of piperidine rings is 1. The van der Waals surface area contributed by atoms with Crippen LogP contribution in [0.1, 0.15) is 35.7 Å². The van der Waals surface area contributed by atoms with Crippen molar-refractivity contribution >= 4 is 31.9 Å². The molecule has 156 valence electrons. The summed E-state index contributed by atoms with van der Waals surface area (Å²) in [7, 11) is -3.64. The molecule has 0 saturated carbocycles. The van der Waals surface area contributed by atoms with Crippen LogP contribution < -0.4 is 15.8 Å². The zero-order valence-electron chi connectivity index (χ0n) is 16.5. The molecule has 1 aliphatic heterocycles. The summed E-state index contributed by atoms with van der Waals surface area (Å²) in [5, 5.41) is 3.30. The van der Waals surface area contributed by atoms with Crippen molar-refractivity contribution < 1.29 is 13.2 Å². The van der Waals surface area contributed by atoms with Crippen molar-refractivity contribution in [2.24, 2.45) is 11.7 Å². The molecule has 6 nitrogen and oxygen atoms in total. The van der Waals surface area contributed by atoms with Crippen LogP contribution >= 0.6 is 15.9 Å². The van der Waals surface area contributed by atoms with Crippen molar-refractivity contribution in [2.75, 3.05) is 13.1 Å². The number of hydrogen-bond donors (Lipinski definition) is 3. The molecular weight excluding hydrogens is 454 g/mol. The first kappa shape index (κ1) is 22.0. The average molecular weight is 480 g/mol. The molecule has 1 saturated heterocycles. The molecule has 3 rings (SSSR count). The third-order valence-electron chi connectivity index (χ3n) is 5.57. The van der Waals surface area contributed by atoms with E-state index in [4.69, 9.17) is 5.73 Å². The van der Waals surface area contributed by atoms with E-state index < -0.39 is 15.9 Å². The number of halogens is 1. The van der Waals surface area contributed by atoms with Gasteiger partial charge >= 0.3 is 0 Å². The second kappa shape index (κ2) is 8.95. The second-order valence-electron chi connectivity index (χ2n) is 7.48. The van der Waals surface area contributed by atoms with Crippen molar-refractivity contribution in [2.45, 2.75) is 37.6 Å². The van der Waals surface area contributed by atoms with Crippen molar-refractivity contribution in [3.8, 4) is 11.1 Å². The predicted molar refractivity (Wildman–Crippen MR) is 118 cm³/mol. The van der Waals surface area contributed by atoms with Gasteiger partial charge in [-0.05, 0) is 80.6 Å². The first-order valence-corrected chi connectivity index (χ1v) is 11.9. The minimum absolute atomic E-state index is 0.130. The zero-order chi connectivity index (χ0) is 21.2. The molecule has 0 radical (unpaired) electrons. The van der Waals surface area contributed by atoms with Gasteiger partial charge in [0.2, 0.25) is 15.9 Å². The SMILES string of the molecule is Cc1c(C(N)=O)cccc1-c1ccc(S(=O)(=O)N[C@H](C)C2CCNCC2)cc1Br. The van der Waals surface area contributed by atoms with Crippen LogP contribution in [0.15, 0.2) is 45.8 Å². The maximum Gasteiger partial charge on any atom is 0.248 e. The highest BCUT2D eigenvalue weighted by Gasteiger charge is 2.25. The topological polar surface area (TPSA) is 101 Å². The number of hydrogen-bond acceptors (Lipinski definition) is 4. The van der Waals surface area contributed by atoms with Gasteiger partial charge in [-0.1, -0.05) is 34.1 Å². The van der Waals surface area contributed by atoms with Gasteiger partial charge in [0.05, 0.1) is 4.90 Å². The summed E-state index contributed by atoms with van der Waals surface area (Å²) in [6, 6.07) is 10.1. The monoisotopic (exact) mass is 479 g/mol. The highest BCUT2D eigenvalue weighted by atomic mass is 79.9. The number of primary amides is 1. The molecule has 0 unspecified atom stereocenters. The van der Waals surface area contributed by atoms with Gasteiger partial charge in [0, 0.05) is 16.1 Å². The van der Waals surface area contributed by atoms with Crippen LogP contribution in [0.4, 0.5) is 0 Å². The van der Waals surface area contributed by atoms with Crippen LogP contribution in [0, 0.1) is 12.8 Å². The van der Waals surface area contributed by atoms with Crippen LogP contribution in [0.25, 0.3) is 11.1 Å². The number of nitrogens with one attached hydrogen (secondary N) is 2. The summed E-state index contributed by atoms with van der Waals surface area (Å²) in [5.41, 5.74) is 8.28. The second-order valence-corrected chi connectivity index (χ2v) is 10.0. The molecular formula is C21H26BrN3O3S. The molecule has 29 heavy (non-hydrogen) atoms. The fourth-order valence-corrected chi connectivity index (χ4v) is 5.91. The Labute approximate surface area is 180 Å². The standard InChI is InChI=1S/C21H26BrN3O3S/c1-13-17(4-3-5-18(13)21(23)26)19-7-6-16(12-20(19)22)29(27,28)25-14(2)15-8-10-24-11-9-15/h3-7,12,14-15,24-25H,8-11H2,1-2H3,(H2,23,26)/t14-/m1/s1. The summed E-state index contributed by atoms with van der Waals surface area (Å²) in [4.78, 5) is 11.8. The van der Waals surface area contributed by atoms with Gasteiger partial charge in [-0.3, -0.25) is 4.79 Å². The van der Waals surface area contributed by atoms with E-state index in [0.717, 1.165) is 42.6 Å². The number of sulfonamides is 1. The molecule has 1 amide bonds. The first-order valence-electron chi connectivity index (χ1n) is 9.63. The molecule has 8 heteroatoms. The van der Waals surface area contributed by atoms with Gasteiger partial charge < -0.3 is 11.1 Å². The van der Waals surface area contributed by atoms with E-state index >= 15 is 0 Å². The highest BCUT2D eigenvalue weighted by molar-refractivity contribution is 9.10. The van der Waals surface area contributed by atoms with Crippen LogP contribution in [-0.4, -0.2) is 33.5 Å². The maximum atomic E-state index is 12.9. The number of rotatable bonds is 6. The summed E-state index contributed by atoms with van der Waals surface area (Å²) in [5.74, 6) is -0.163. The highest BCUT2D eigenvalue weighted by Crippen LogP contribution is 2.33. The number of nitrogens with two attached hydrogens (primary N) is 1. The van der Waals surface area contributed by atoms with Gasteiger partial charge in [-0.15, -0.1) is 0 Å². The molecule has 0 spiro atoms. The molecule has 0 aromatic heterocycles. The average Bonchev–Trinajstić information content (AvgIpc) is 2.68. The quantitative estimate of drug-likeness (QED) is 0.591. The molecule has 1 heterocycles. The fourth-order valence-electron chi connectivity index (χ4n) is 3.83. The molecule has 2 aromatic rings. The number of benzene rings is 2. The van der Waals surface area contributed by atoms with Gasteiger partial charge in [0.1, 0.15) is 0 Å². The molecule has 1 atom stereocenters. The van der Waals surface area contributed by atoms with Crippen LogP contribution in [0.2, 0.25) is 0 Å². The molecule has 0 aliphatic carbocycles. The third kappa shape index (κ3) is 4.88. The Balaban J connectivity index is 1.87. The Morgan fingerprint density at radius 2 is 1.90 bits per heavy atom. The summed E-state index contributed by atoms with van der Waals surface area (Å²) >= 11 is 3.50. The molecule has 1 fully saturated rings. The van der Waals surface area contributed by atoms with Crippen molar-refractivity contribution in [1.82, 2.24) is 10.0 Å². The van der Waals surface area contributed by atoms with E-state index in [1.165, 1.54) is 0 Å². The lowest BCUT2D eigenvalue weighted by atomic mass is 9.92. The summed E-state index contributed by atoms with van der Waals surface area (Å²) in [6.45, 7) is 5.59. The molecule has 2 aromatic carbocycles. The first-order chi connectivity index (χ1) is 13.7. The van der Waals surface area contributed by atoms with E-state index in [2.05, 4.69) is 26.0 Å². The number of carbonyl (C=O) groups excluding carboxylic acids is 1. The minimum Gasteiger partial charge on any atom is -0.366 e. The van der Waals surface area contributed by atoms with Crippen LogP contribution in [-0.2, 0) is 10.0 Å². The fraction of sp³-hybridized carbons (Fsp3) is 0.381. The van der Waals surface area contributed by atoms with Gasteiger partial charge in [0.15, 0.2) is 0 Å². The Bertz CT molecular complexity index is 1020. The number of carbonyl (C=O) groups is 1. The van der Waals surface area contributed by atoms with E-state index in [0.29, 0.717) is 16.0 Å². The Morgan fingerprint density at radius 1 is 1.21 bits per heavy atom. The zero-order valence-corrected chi connectivity index (χ0v) is 18.9. The largest absolute Gasteiger partial charge is 0.366 e. The van der Waals surface area contributed by atoms with Crippen LogP contribution in [0.5, 0.6) is 0 Å². The normalized spacial score (nSPS) is 16.5. The van der Waals surface area contributed by atoms with Gasteiger partial charge in [-0.25, -0.2) is 13.1 Å². The Hall–Kier alpha value is -1.74. The number of amides is 1. The predicted octanol–water partition coefficient (Wildman–Crippen LogP) is 3.19. The lowest BCUT2D eigenvalue weighted by Crippen LogP contribution is -2.42.